The van der Waals surface area contributed by atoms with Gasteiger partial charge in [0.2, 0.25) is 10.0 Å². The molecule has 2 aliphatic rings. The Morgan fingerprint density at radius 3 is 2.14 bits per heavy atom. The summed E-state index contributed by atoms with van der Waals surface area (Å²) in [4.78, 5) is 13.3. The molecular formula is C32H39N5O5S. The molecule has 1 fully saturated rings. The molecule has 228 valence electrons. The SMILES string of the molecule is CCOc1ccccc1N.CCOc1ccccc1N/C=C1/C(=O)N(c2ccc(S(=O)(=O)N3CCCCC3)cc2)N=C1C. The predicted molar refractivity (Wildman–Crippen MR) is 171 cm³/mol. The van der Waals surface area contributed by atoms with E-state index >= 15 is 0 Å². The van der Waals surface area contributed by atoms with Crippen LogP contribution in [0, 0.1) is 0 Å². The van der Waals surface area contributed by atoms with Gasteiger partial charge in [-0.15, -0.1) is 0 Å². The number of ether oxygens (including phenoxy) is 2. The van der Waals surface area contributed by atoms with Gasteiger partial charge in [-0.25, -0.2) is 8.42 Å². The van der Waals surface area contributed by atoms with E-state index < -0.39 is 10.0 Å². The summed E-state index contributed by atoms with van der Waals surface area (Å²) in [7, 11) is -3.52. The minimum absolute atomic E-state index is 0.227. The van der Waals surface area contributed by atoms with Crippen molar-refractivity contribution in [2.45, 2.75) is 44.9 Å². The number of carbonyl (C=O) groups is 1. The Labute approximate surface area is 253 Å². The number of hydrogen-bond acceptors (Lipinski definition) is 8. The number of benzene rings is 3. The van der Waals surface area contributed by atoms with Crippen molar-refractivity contribution in [3.05, 3.63) is 84.6 Å². The van der Waals surface area contributed by atoms with Crippen LogP contribution in [0.1, 0.15) is 40.0 Å². The van der Waals surface area contributed by atoms with Crippen LogP contribution in [0.5, 0.6) is 11.5 Å². The zero-order valence-corrected chi connectivity index (χ0v) is 25.6. The number of sulfonamides is 1. The summed E-state index contributed by atoms with van der Waals surface area (Å²) >= 11 is 0. The second-order valence-electron chi connectivity index (χ2n) is 9.86. The summed E-state index contributed by atoms with van der Waals surface area (Å²) in [5.41, 5.74) is 8.52. The molecule has 3 aromatic carbocycles. The normalized spacial score (nSPS) is 16.3. The fourth-order valence-electron chi connectivity index (χ4n) is 4.66. The van der Waals surface area contributed by atoms with Gasteiger partial charge >= 0.3 is 0 Å². The number of amides is 1. The highest BCUT2D eigenvalue weighted by molar-refractivity contribution is 7.89. The van der Waals surface area contributed by atoms with Gasteiger partial charge in [-0.1, -0.05) is 30.7 Å². The average Bonchev–Trinajstić information content (AvgIpc) is 3.31. The molecule has 3 aromatic rings. The second-order valence-corrected chi connectivity index (χ2v) is 11.8. The number of hydrogen-bond donors (Lipinski definition) is 2. The molecule has 2 heterocycles. The third kappa shape index (κ3) is 7.74. The maximum absolute atomic E-state index is 13.0. The van der Waals surface area contributed by atoms with Crippen molar-refractivity contribution in [3.8, 4) is 11.5 Å². The van der Waals surface area contributed by atoms with Gasteiger partial charge in [-0.3, -0.25) is 4.79 Å². The monoisotopic (exact) mass is 605 g/mol. The zero-order valence-electron chi connectivity index (χ0n) is 24.8. The minimum atomic E-state index is -3.52. The number of piperidine rings is 1. The van der Waals surface area contributed by atoms with E-state index in [0.717, 1.165) is 30.7 Å². The fraction of sp³-hybridized carbons (Fsp3) is 0.312. The van der Waals surface area contributed by atoms with Crippen molar-refractivity contribution in [3.63, 3.8) is 0 Å². The van der Waals surface area contributed by atoms with E-state index in [2.05, 4.69) is 10.4 Å². The quantitative estimate of drug-likeness (QED) is 0.239. The lowest BCUT2D eigenvalue weighted by molar-refractivity contribution is -0.114. The zero-order chi connectivity index (χ0) is 30.8. The standard InChI is InChI=1S/C24H28N4O4S.C8H11NO/c1-3-32-23-10-6-5-9-22(23)25-17-21-18(2)26-28(24(21)29)19-11-13-20(14-12-19)33(30,31)27-15-7-4-8-16-27;1-2-10-8-6-4-3-5-7(8)9/h5-6,9-14,17,25H,3-4,7-8,15-16H2,1-2H3;3-6H,2,9H2,1H3/b21-17+;. The van der Waals surface area contributed by atoms with Crippen molar-refractivity contribution >= 4 is 38.7 Å². The number of anilines is 3. The topological polar surface area (TPSA) is 127 Å². The first-order valence-corrected chi connectivity index (χ1v) is 15.9. The molecular weight excluding hydrogens is 566 g/mol. The Morgan fingerprint density at radius 2 is 1.49 bits per heavy atom. The van der Waals surface area contributed by atoms with Crippen LogP contribution in [-0.2, 0) is 14.8 Å². The lowest BCUT2D eigenvalue weighted by Crippen LogP contribution is -2.35. The lowest BCUT2D eigenvalue weighted by Gasteiger charge is -2.26. The molecule has 0 atom stereocenters. The van der Waals surface area contributed by atoms with Gasteiger partial charge in [0.1, 0.15) is 11.5 Å². The molecule has 0 bridgehead atoms. The van der Waals surface area contributed by atoms with Gasteiger partial charge in [0.05, 0.1) is 46.5 Å². The van der Waals surface area contributed by atoms with Crippen molar-refractivity contribution in [1.82, 2.24) is 4.31 Å². The number of nitrogens with zero attached hydrogens (tertiary/aromatic N) is 3. The lowest BCUT2D eigenvalue weighted by atomic mass is 10.2. The van der Waals surface area contributed by atoms with Gasteiger partial charge in [0, 0.05) is 19.3 Å². The number of para-hydroxylation sites is 4. The van der Waals surface area contributed by atoms with Gasteiger partial charge in [0.15, 0.2) is 0 Å². The number of nitrogens with one attached hydrogen (secondary N) is 1. The van der Waals surface area contributed by atoms with E-state index in [-0.39, 0.29) is 10.8 Å². The Balaban J connectivity index is 0.000000359. The fourth-order valence-corrected chi connectivity index (χ4v) is 6.17. The van der Waals surface area contributed by atoms with Crippen LogP contribution in [0.3, 0.4) is 0 Å². The third-order valence-electron chi connectivity index (χ3n) is 6.87. The summed E-state index contributed by atoms with van der Waals surface area (Å²) in [6, 6.07) is 21.3. The largest absolute Gasteiger partial charge is 0.492 e. The molecule has 0 aromatic heterocycles. The second kappa shape index (κ2) is 14.7. The average molecular weight is 606 g/mol. The molecule has 5 rings (SSSR count). The molecule has 10 nitrogen and oxygen atoms in total. The van der Waals surface area contributed by atoms with Crippen molar-refractivity contribution in [2.24, 2.45) is 5.10 Å². The molecule has 0 saturated carbocycles. The highest BCUT2D eigenvalue weighted by atomic mass is 32.2. The number of nitrogen functional groups attached to an aromatic ring is 1. The van der Waals surface area contributed by atoms with Gasteiger partial charge in [-0.2, -0.15) is 14.4 Å². The van der Waals surface area contributed by atoms with Crippen LogP contribution >= 0.6 is 0 Å². The van der Waals surface area contributed by atoms with Crippen LogP contribution in [0.15, 0.2) is 94.6 Å². The van der Waals surface area contributed by atoms with Crippen LogP contribution in [-0.4, -0.2) is 50.6 Å². The summed E-state index contributed by atoms with van der Waals surface area (Å²) in [5.74, 6) is 1.17. The van der Waals surface area contributed by atoms with E-state index in [4.69, 9.17) is 15.2 Å². The molecule has 2 aliphatic heterocycles. The smallest absolute Gasteiger partial charge is 0.282 e. The van der Waals surface area contributed by atoms with Crippen molar-refractivity contribution in [2.75, 3.05) is 42.4 Å². The van der Waals surface area contributed by atoms with Crippen LogP contribution < -0.4 is 25.5 Å². The summed E-state index contributed by atoms with van der Waals surface area (Å²) in [6.07, 6.45) is 4.44. The van der Waals surface area contributed by atoms with Gasteiger partial charge in [-0.05, 0) is 82.1 Å². The first-order chi connectivity index (χ1) is 20.8. The molecule has 0 spiro atoms. The molecule has 3 N–H and O–H groups in total. The van der Waals surface area contributed by atoms with Gasteiger partial charge in [0.25, 0.3) is 5.91 Å². The maximum atomic E-state index is 13.0. The first-order valence-electron chi connectivity index (χ1n) is 14.4. The number of carbonyl (C=O) groups excluding carboxylic acids is 1. The van der Waals surface area contributed by atoms with Crippen molar-refractivity contribution in [1.29, 1.82) is 0 Å². The first kappa shape index (κ1) is 31.6. The Morgan fingerprint density at radius 1 is 0.884 bits per heavy atom. The van der Waals surface area contributed by atoms with Crippen LogP contribution in [0.25, 0.3) is 0 Å². The molecule has 1 saturated heterocycles. The van der Waals surface area contributed by atoms with E-state index in [0.29, 0.717) is 54.7 Å². The summed E-state index contributed by atoms with van der Waals surface area (Å²) < 4.78 is 38.1. The Bertz CT molecular complexity index is 1560. The van der Waals surface area contributed by atoms with Crippen molar-refractivity contribution < 1.29 is 22.7 Å². The highest BCUT2D eigenvalue weighted by Crippen LogP contribution is 2.28. The highest BCUT2D eigenvalue weighted by Gasteiger charge is 2.30. The van der Waals surface area contributed by atoms with Gasteiger partial charge < -0.3 is 20.5 Å². The predicted octanol–water partition coefficient (Wildman–Crippen LogP) is 5.65. The van der Waals surface area contributed by atoms with E-state index in [9.17, 15) is 13.2 Å². The molecule has 1 amide bonds. The van der Waals surface area contributed by atoms with Crippen LogP contribution in [0.4, 0.5) is 17.1 Å². The number of nitrogens with two attached hydrogens (primary N) is 1. The molecule has 43 heavy (non-hydrogen) atoms. The van der Waals surface area contributed by atoms with Crippen LogP contribution in [0.2, 0.25) is 0 Å². The van der Waals surface area contributed by atoms with E-state index in [1.165, 1.54) is 21.4 Å². The number of hydrazone groups is 1. The third-order valence-corrected chi connectivity index (χ3v) is 8.79. The summed E-state index contributed by atoms with van der Waals surface area (Å²) in [6.45, 7) is 7.90. The summed E-state index contributed by atoms with van der Waals surface area (Å²) in [5, 5.41) is 8.80. The Kier molecular flexibility index (Phi) is 10.8. The van der Waals surface area contributed by atoms with E-state index in [1.54, 1.807) is 25.3 Å². The minimum Gasteiger partial charge on any atom is -0.492 e. The van der Waals surface area contributed by atoms with E-state index in [1.807, 2.05) is 62.4 Å². The molecule has 11 heteroatoms. The maximum Gasteiger partial charge on any atom is 0.282 e. The molecule has 0 radical (unpaired) electrons. The molecule has 0 unspecified atom stereocenters. The molecule has 0 aliphatic carbocycles. The number of rotatable bonds is 9. The Hall–Kier alpha value is -4.35.